The Hall–Kier alpha value is -1.25. The van der Waals surface area contributed by atoms with Gasteiger partial charge in [0, 0.05) is 0 Å². The molecule has 0 aliphatic carbocycles. The molecule has 66 valence electrons. The van der Waals surface area contributed by atoms with Gasteiger partial charge in [-0.2, -0.15) is 0 Å². The van der Waals surface area contributed by atoms with Crippen molar-refractivity contribution < 1.29 is 14.3 Å². The maximum absolute atomic E-state index is 10.8. The fraction of sp³-hybridized carbons (Fsp3) is 0.444. The molecule has 12 heavy (non-hydrogen) atoms. The van der Waals surface area contributed by atoms with E-state index in [-0.39, 0.29) is 0 Å². The van der Waals surface area contributed by atoms with Gasteiger partial charge in [0.25, 0.3) is 0 Å². The van der Waals surface area contributed by atoms with Gasteiger partial charge in [-0.15, -0.1) is 0 Å². The first kappa shape index (κ1) is 8.84. The molecule has 0 aliphatic rings. The van der Waals surface area contributed by atoms with E-state index in [1.54, 1.807) is 19.9 Å². The van der Waals surface area contributed by atoms with Crippen molar-refractivity contribution in [2.24, 2.45) is 0 Å². The van der Waals surface area contributed by atoms with Crippen LogP contribution in [0.3, 0.4) is 0 Å². The van der Waals surface area contributed by atoms with Gasteiger partial charge in [-0.25, -0.2) is 0 Å². The SMILES string of the molecule is Cc1ccoc1C(C)(C)C(=O)O. The van der Waals surface area contributed by atoms with E-state index in [0.29, 0.717) is 5.76 Å². The van der Waals surface area contributed by atoms with Crippen LogP contribution < -0.4 is 0 Å². The number of furan rings is 1. The normalized spacial score (nSPS) is 11.6. The fourth-order valence-electron chi connectivity index (χ4n) is 1.11. The van der Waals surface area contributed by atoms with Gasteiger partial charge in [-0.1, -0.05) is 0 Å². The molecule has 0 saturated carbocycles. The number of aryl methyl sites for hydroxylation is 1. The number of hydrogen-bond donors (Lipinski definition) is 1. The highest BCUT2D eigenvalue weighted by atomic mass is 16.4. The van der Waals surface area contributed by atoms with Crippen molar-refractivity contribution in [2.75, 3.05) is 0 Å². The molecule has 0 fully saturated rings. The Kier molecular flexibility index (Phi) is 1.96. The van der Waals surface area contributed by atoms with E-state index in [1.165, 1.54) is 6.26 Å². The van der Waals surface area contributed by atoms with Gasteiger partial charge in [-0.05, 0) is 32.4 Å². The average molecular weight is 168 g/mol. The summed E-state index contributed by atoms with van der Waals surface area (Å²) in [6, 6.07) is 1.76. The topological polar surface area (TPSA) is 50.4 Å². The largest absolute Gasteiger partial charge is 0.481 e. The molecule has 1 N–H and O–H groups in total. The van der Waals surface area contributed by atoms with E-state index in [9.17, 15) is 4.79 Å². The maximum atomic E-state index is 10.8. The van der Waals surface area contributed by atoms with Gasteiger partial charge in [-0.3, -0.25) is 4.79 Å². The summed E-state index contributed by atoms with van der Waals surface area (Å²) in [5.74, 6) is -0.351. The first-order valence-corrected chi connectivity index (χ1v) is 3.74. The number of aliphatic carboxylic acids is 1. The van der Waals surface area contributed by atoms with Gasteiger partial charge in [0.15, 0.2) is 0 Å². The van der Waals surface area contributed by atoms with E-state index in [2.05, 4.69) is 0 Å². The monoisotopic (exact) mass is 168 g/mol. The molecule has 1 aromatic heterocycles. The molecule has 0 aromatic carbocycles. The number of carbonyl (C=O) groups is 1. The van der Waals surface area contributed by atoms with E-state index < -0.39 is 11.4 Å². The van der Waals surface area contributed by atoms with Crippen molar-refractivity contribution >= 4 is 5.97 Å². The van der Waals surface area contributed by atoms with Crippen LogP contribution in [0.4, 0.5) is 0 Å². The molecule has 0 spiro atoms. The van der Waals surface area contributed by atoms with Crippen molar-refractivity contribution in [1.82, 2.24) is 0 Å². The van der Waals surface area contributed by atoms with Crippen LogP contribution in [0.25, 0.3) is 0 Å². The van der Waals surface area contributed by atoms with Crippen molar-refractivity contribution in [1.29, 1.82) is 0 Å². The molecule has 1 aromatic rings. The minimum atomic E-state index is -0.937. The van der Waals surface area contributed by atoms with Crippen LogP contribution in [0.15, 0.2) is 16.7 Å². The molecule has 0 atom stereocenters. The standard InChI is InChI=1S/C9H12O3/c1-6-4-5-12-7(6)9(2,3)8(10)11/h4-5H,1-3H3,(H,10,11). The number of hydrogen-bond acceptors (Lipinski definition) is 2. The van der Waals surface area contributed by atoms with Crippen molar-refractivity contribution in [2.45, 2.75) is 26.2 Å². The maximum Gasteiger partial charge on any atom is 0.316 e. The second-order valence-corrected chi connectivity index (χ2v) is 3.36. The summed E-state index contributed by atoms with van der Waals surface area (Å²) in [5, 5.41) is 8.88. The lowest BCUT2D eigenvalue weighted by Crippen LogP contribution is -2.28. The summed E-state index contributed by atoms with van der Waals surface area (Å²) < 4.78 is 5.11. The van der Waals surface area contributed by atoms with Crippen molar-refractivity contribution in [3.63, 3.8) is 0 Å². The zero-order chi connectivity index (χ0) is 9.35. The summed E-state index contributed by atoms with van der Waals surface area (Å²) >= 11 is 0. The third-order valence-corrected chi connectivity index (χ3v) is 1.96. The van der Waals surface area contributed by atoms with Gasteiger partial charge >= 0.3 is 5.97 Å². The predicted octanol–water partition coefficient (Wildman–Crippen LogP) is 1.95. The van der Waals surface area contributed by atoms with Gasteiger partial charge in [0.1, 0.15) is 11.2 Å². The summed E-state index contributed by atoms with van der Waals surface area (Å²) in [7, 11) is 0. The molecule has 3 heteroatoms. The van der Waals surface area contributed by atoms with Crippen LogP contribution in [-0.4, -0.2) is 11.1 Å². The Balaban J connectivity index is 3.13. The van der Waals surface area contributed by atoms with Crippen LogP contribution >= 0.6 is 0 Å². The summed E-state index contributed by atoms with van der Waals surface area (Å²) in [6.45, 7) is 5.09. The molecule has 0 bridgehead atoms. The molecule has 1 rings (SSSR count). The Morgan fingerprint density at radius 1 is 1.58 bits per heavy atom. The highest BCUT2D eigenvalue weighted by Gasteiger charge is 2.33. The Morgan fingerprint density at radius 3 is 2.50 bits per heavy atom. The second-order valence-electron chi connectivity index (χ2n) is 3.36. The highest BCUT2D eigenvalue weighted by Crippen LogP contribution is 2.26. The van der Waals surface area contributed by atoms with Crippen LogP contribution in [0.5, 0.6) is 0 Å². The molecule has 3 nitrogen and oxygen atoms in total. The minimum absolute atomic E-state index is 0.523. The predicted molar refractivity (Wildman–Crippen MR) is 44.1 cm³/mol. The molecule has 0 radical (unpaired) electrons. The summed E-state index contributed by atoms with van der Waals surface area (Å²) in [5.41, 5.74) is -0.0597. The number of carboxylic acids is 1. The van der Waals surface area contributed by atoms with Crippen molar-refractivity contribution in [3.8, 4) is 0 Å². The molecule has 0 unspecified atom stereocenters. The van der Waals surface area contributed by atoms with Crippen LogP contribution in [0, 0.1) is 6.92 Å². The van der Waals surface area contributed by atoms with Gasteiger partial charge in [0.2, 0.25) is 0 Å². The third kappa shape index (κ3) is 1.22. The first-order chi connectivity index (χ1) is 5.46. The van der Waals surface area contributed by atoms with Crippen LogP contribution in [0.1, 0.15) is 25.2 Å². The molecule has 1 heterocycles. The molecular weight excluding hydrogens is 156 g/mol. The smallest absolute Gasteiger partial charge is 0.316 e. The summed E-state index contributed by atoms with van der Waals surface area (Å²) in [4.78, 5) is 10.8. The fourth-order valence-corrected chi connectivity index (χ4v) is 1.11. The summed E-state index contributed by atoms with van der Waals surface area (Å²) in [6.07, 6.45) is 1.51. The minimum Gasteiger partial charge on any atom is -0.481 e. The van der Waals surface area contributed by atoms with E-state index >= 15 is 0 Å². The molecule has 0 amide bonds. The lowest BCUT2D eigenvalue weighted by atomic mass is 9.88. The Bertz CT molecular complexity index is 296. The highest BCUT2D eigenvalue weighted by molar-refractivity contribution is 5.79. The first-order valence-electron chi connectivity index (χ1n) is 3.74. The van der Waals surface area contributed by atoms with Crippen molar-refractivity contribution in [3.05, 3.63) is 23.7 Å². The number of carboxylic acid groups (broad SMARTS) is 1. The number of rotatable bonds is 2. The zero-order valence-corrected chi connectivity index (χ0v) is 7.42. The quantitative estimate of drug-likeness (QED) is 0.734. The Labute approximate surface area is 71.0 Å². The molecule has 0 aliphatic heterocycles. The Morgan fingerprint density at radius 2 is 2.17 bits per heavy atom. The van der Waals surface area contributed by atoms with Gasteiger partial charge in [0.05, 0.1) is 6.26 Å². The zero-order valence-electron chi connectivity index (χ0n) is 7.42. The lowest BCUT2D eigenvalue weighted by Gasteiger charge is -2.16. The second kappa shape index (κ2) is 2.66. The average Bonchev–Trinajstić information content (AvgIpc) is 2.35. The van der Waals surface area contributed by atoms with Crippen LogP contribution in [0.2, 0.25) is 0 Å². The van der Waals surface area contributed by atoms with Crippen LogP contribution in [-0.2, 0) is 10.2 Å². The third-order valence-electron chi connectivity index (χ3n) is 1.96. The lowest BCUT2D eigenvalue weighted by molar-refractivity contribution is -0.143. The molecular formula is C9H12O3. The van der Waals surface area contributed by atoms with E-state index in [0.717, 1.165) is 5.56 Å². The van der Waals surface area contributed by atoms with E-state index in [4.69, 9.17) is 9.52 Å². The molecule has 0 saturated heterocycles. The van der Waals surface area contributed by atoms with Gasteiger partial charge < -0.3 is 9.52 Å². The van der Waals surface area contributed by atoms with E-state index in [1.807, 2.05) is 6.92 Å².